The van der Waals surface area contributed by atoms with Gasteiger partial charge in [0, 0.05) is 41.7 Å². The second-order valence-electron chi connectivity index (χ2n) is 7.32. The first-order valence-corrected chi connectivity index (χ1v) is 7.84. The lowest BCUT2D eigenvalue weighted by Gasteiger charge is -2.61. The van der Waals surface area contributed by atoms with Crippen molar-refractivity contribution in [3.8, 4) is 5.88 Å². The summed E-state index contributed by atoms with van der Waals surface area (Å²) in [5, 5.41) is 0. The Kier molecular flexibility index (Phi) is 3.63. The fourth-order valence-electron chi connectivity index (χ4n) is 2.93. The molecule has 5 nitrogen and oxygen atoms in total. The first kappa shape index (κ1) is 15.3. The van der Waals surface area contributed by atoms with Crippen LogP contribution in [0.5, 0.6) is 5.88 Å². The molecule has 1 aromatic heterocycles. The number of hydrogen-bond acceptors (Lipinski definition) is 4. The summed E-state index contributed by atoms with van der Waals surface area (Å²) in [6, 6.07) is 3.49. The Hall–Kier alpha value is -1.62. The fourth-order valence-corrected chi connectivity index (χ4v) is 2.93. The van der Waals surface area contributed by atoms with Crippen molar-refractivity contribution < 1.29 is 14.3 Å². The minimum atomic E-state index is -0.145. The van der Waals surface area contributed by atoms with Gasteiger partial charge in [-0.3, -0.25) is 4.79 Å². The highest BCUT2D eigenvalue weighted by atomic mass is 16.5. The first-order chi connectivity index (χ1) is 10.3. The third kappa shape index (κ3) is 2.47. The highest BCUT2D eigenvalue weighted by Gasteiger charge is 2.54. The summed E-state index contributed by atoms with van der Waals surface area (Å²) in [6.45, 7) is 10.7. The molecular formula is C17H24N2O3. The van der Waals surface area contributed by atoms with Gasteiger partial charge >= 0.3 is 0 Å². The van der Waals surface area contributed by atoms with E-state index >= 15 is 0 Å². The van der Waals surface area contributed by atoms with Crippen LogP contribution in [0.1, 0.15) is 44.5 Å². The standard InChI is InChI=1S/C17H24N2O3/c1-16(2)11-19(17(16,3)4)15(20)12-5-7-18-14(9-12)22-13-6-8-21-10-13/h5,7,9,13H,6,8,10-11H2,1-4H3/t13-/m1/s1. The third-order valence-electron chi connectivity index (χ3n) is 5.29. The molecule has 0 aromatic carbocycles. The van der Waals surface area contributed by atoms with Crippen molar-refractivity contribution in [2.75, 3.05) is 19.8 Å². The van der Waals surface area contributed by atoms with Gasteiger partial charge in [-0.25, -0.2) is 4.98 Å². The van der Waals surface area contributed by atoms with Crippen LogP contribution in [0.2, 0.25) is 0 Å². The molecule has 5 heteroatoms. The van der Waals surface area contributed by atoms with Crippen LogP contribution >= 0.6 is 0 Å². The number of pyridine rings is 1. The van der Waals surface area contributed by atoms with E-state index in [1.165, 1.54) is 0 Å². The van der Waals surface area contributed by atoms with Crippen molar-refractivity contribution in [2.24, 2.45) is 5.41 Å². The molecule has 22 heavy (non-hydrogen) atoms. The first-order valence-electron chi connectivity index (χ1n) is 7.84. The maximum atomic E-state index is 12.7. The lowest BCUT2D eigenvalue weighted by atomic mass is 9.65. The Bertz CT molecular complexity index is 577. The smallest absolute Gasteiger partial charge is 0.254 e. The Balaban J connectivity index is 1.73. The summed E-state index contributed by atoms with van der Waals surface area (Å²) < 4.78 is 11.1. The van der Waals surface area contributed by atoms with E-state index in [0.717, 1.165) is 19.6 Å². The molecule has 3 rings (SSSR count). The molecule has 0 bridgehead atoms. The molecule has 0 aliphatic carbocycles. The Morgan fingerprint density at radius 2 is 2.18 bits per heavy atom. The summed E-state index contributed by atoms with van der Waals surface area (Å²) in [6.07, 6.45) is 2.54. The van der Waals surface area contributed by atoms with Gasteiger partial charge in [0.05, 0.1) is 13.2 Å². The summed E-state index contributed by atoms with van der Waals surface area (Å²) in [5.74, 6) is 0.540. The van der Waals surface area contributed by atoms with Crippen LogP contribution in [-0.4, -0.2) is 47.2 Å². The molecule has 0 saturated carbocycles. The van der Waals surface area contributed by atoms with Crippen molar-refractivity contribution in [2.45, 2.75) is 45.8 Å². The van der Waals surface area contributed by atoms with E-state index in [1.807, 2.05) is 4.90 Å². The summed E-state index contributed by atoms with van der Waals surface area (Å²) in [5.41, 5.74) is 0.622. The van der Waals surface area contributed by atoms with Gasteiger partial charge in [-0.05, 0) is 19.9 Å². The number of aromatic nitrogens is 1. The molecule has 2 fully saturated rings. The van der Waals surface area contributed by atoms with E-state index in [-0.39, 0.29) is 23.0 Å². The van der Waals surface area contributed by atoms with Gasteiger partial charge in [0.2, 0.25) is 5.88 Å². The molecule has 2 aliphatic rings. The van der Waals surface area contributed by atoms with Crippen LogP contribution in [-0.2, 0) is 4.74 Å². The van der Waals surface area contributed by atoms with Gasteiger partial charge < -0.3 is 14.4 Å². The zero-order chi connectivity index (χ0) is 16.0. The molecule has 1 atom stereocenters. The number of carbonyl (C=O) groups is 1. The summed E-state index contributed by atoms with van der Waals surface area (Å²) in [4.78, 5) is 18.9. The van der Waals surface area contributed by atoms with Crippen molar-refractivity contribution in [1.82, 2.24) is 9.88 Å². The lowest BCUT2D eigenvalue weighted by Crippen LogP contribution is -2.70. The van der Waals surface area contributed by atoms with Crippen molar-refractivity contribution in [3.05, 3.63) is 23.9 Å². The number of carbonyl (C=O) groups excluding carboxylic acids is 1. The highest BCUT2D eigenvalue weighted by Crippen LogP contribution is 2.46. The van der Waals surface area contributed by atoms with Gasteiger partial charge in [0.1, 0.15) is 6.10 Å². The molecule has 2 saturated heterocycles. The molecule has 2 aliphatic heterocycles. The second kappa shape index (κ2) is 5.23. The zero-order valence-electron chi connectivity index (χ0n) is 13.8. The molecule has 1 amide bonds. The number of rotatable bonds is 3. The number of ether oxygens (including phenoxy) is 2. The molecule has 0 N–H and O–H groups in total. The van der Waals surface area contributed by atoms with Crippen molar-refractivity contribution in [3.63, 3.8) is 0 Å². The van der Waals surface area contributed by atoms with E-state index < -0.39 is 0 Å². The van der Waals surface area contributed by atoms with E-state index in [4.69, 9.17) is 9.47 Å². The van der Waals surface area contributed by atoms with Gasteiger partial charge in [-0.2, -0.15) is 0 Å². The third-order valence-corrected chi connectivity index (χ3v) is 5.29. The summed E-state index contributed by atoms with van der Waals surface area (Å²) >= 11 is 0. The SMILES string of the molecule is CC1(C)CN(C(=O)c2ccnc(O[C@@H]3CCOC3)c2)C1(C)C. The molecular weight excluding hydrogens is 280 g/mol. The molecule has 0 spiro atoms. The van der Waals surface area contributed by atoms with Gasteiger partial charge in [-0.15, -0.1) is 0 Å². The largest absolute Gasteiger partial charge is 0.472 e. The molecule has 0 radical (unpaired) electrons. The van der Waals surface area contributed by atoms with Crippen LogP contribution in [0.4, 0.5) is 0 Å². The van der Waals surface area contributed by atoms with Crippen molar-refractivity contribution in [1.29, 1.82) is 0 Å². The normalized spacial score (nSPS) is 25.6. The quantitative estimate of drug-likeness (QED) is 0.861. The lowest BCUT2D eigenvalue weighted by molar-refractivity contribution is -0.0881. The number of nitrogens with zero attached hydrogens (tertiary/aromatic N) is 2. The van der Waals surface area contributed by atoms with Gasteiger partial charge in [-0.1, -0.05) is 13.8 Å². The topological polar surface area (TPSA) is 51.7 Å². The Morgan fingerprint density at radius 3 is 2.77 bits per heavy atom. The van der Waals surface area contributed by atoms with Crippen LogP contribution in [0.25, 0.3) is 0 Å². The predicted molar refractivity (Wildman–Crippen MR) is 83.0 cm³/mol. The van der Waals surface area contributed by atoms with Crippen LogP contribution in [0.15, 0.2) is 18.3 Å². The highest BCUT2D eigenvalue weighted by molar-refractivity contribution is 5.95. The Labute approximate surface area is 131 Å². The average molecular weight is 304 g/mol. The average Bonchev–Trinajstić information content (AvgIpc) is 2.97. The Morgan fingerprint density at radius 1 is 1.41 bits per heavy atom. The molecule has 0 unspecified atom stereocenters. The molecule has 3 heterocycles. The minimum Gasteiger partial charge on any atom is -0.472 e. The monoisotopic (exact) mass is 304 g/mol. The predicted octanol–water partition coefficient (Wildman–Crippen LogP) is 2.51. The maximum absolute atomic E-state index is 12.7. The van der Waals surface area contributed by atoms with Crippen LogP contribution in [0, 0.1) is 5.41 Å². The maximum Gasteiger partial charge on any atom is 0.254 e. The van der Waals surface area contributed by atoms with Gasteiger partial charge in [0.25, 0.3) is 5.91 Å². The van der Waals surface area contributed by atoms with E-state index in [9.17, 15) is 4.79 Å². The van der Waals surface area contributed by atoms with Crippen molar-refractivity contribution >= 4 is 5.91 Å². The second-order valence-corrected chi connectivity index (χ2v) is 7.32. The van der Waals surface area contributed by atoms with E-state index in [2.05, 4.69) is 32.7 Å². The number of likely N-dealkylation sites (tertiary alicyclic amines) is 1. The molecule has 120 valence electrons. The van der Waals surface area contributed by atoms with Crippen LogP contribution < -0.4 is 4.74 Å². The fraction of sp³-hybridized carbons (Fsp3) is 0.647. The van der Waals surface area contributed by atoms with E-state index in [1.54, 1.807) is 18.3 Å². The minimum absolute atomic E-state index is 0.0391. The number of hydrogen-bond donors (Lipinski definition) is 0. The number of amides is 1. The van der Waals surface area contributed by atoms with Gasteiger partial charge in [0.15, 0.2) is 0 Å². The van der Waals surface area contributed by atoms with Crippen LogP contribution in [0.3, 0.4) is 0 Å². The molecule has 1 aromatic rings. The zero-order valence-corrected chi connectivity index (χ0v) is 13.8. The van der Waals surface area contributed by atoms with E-state index in [0.29, 0.717) is 18.1 Å². The summed E-state index contributed by atoms with van der Waals surface area (Å²) in [7, 11) is 0.